The Morgan fingerprint density at radius 3 is 2.61 bits per heavy atom. The normalized spacial score (nSPS) is 32.4. The number of aliphatic hydroxyl groups is 1. The Labute approximate surface area is 205 Å². The third kappa shape index (κ3) is 9.12. The molecule has 0 aromatic rings. The van der Waals surface area contributed by atoms with E-state index >= 15 is 0 Å². The first-order chi connectivity index (χ1) is 14.3. The zero-order valence-corrected chi connectivity index (χ0v) is 21.8. The van der Waals surface area contributed by atoms with Crippen LogP contribution in [0.25, 0.3) is 0 Å². The minimum absolute atomic E-state index is 0.0625. The van der Waals surface area contributed by atoms with E-state index in [0.29, 0.717) is 13.0 Å². The lowest BCUT2D eigenvalue weighted by Gasteiger charge is -2.38. The van der Waals surface area contributed by atoms with Gasteiger partial charge in [-0.1, -0.05) is 28.7 Å². The monoisotopic (exact) mass is 597 g/mol. The number of carbonyl (C=O) groups excluding carboxylic acids is 1. The molecule has 0 bridgehead atoms. The van der Waals surface area contributed by atoms with Gasteiger partial charge < -0.3 is 15.2 Å². The van der Waals surface area contributed by atoms with Crippen LogP contribution in [0, 0.1) is 11.8 Å². The number of amides is 1. The zero-order valence-electron chi connectivity index (χ0n) is 18.1. The highest BCUT2D eigenvalue weighted by atomic mass is 127. The van der Waals surface area contributed by atoms with Gasteiger partial charge in [0.1, 0.15) is 5.60 Å². The van der Waals surface area contributed by atoms with Crippen molar-refractivity contribution in [1.29, 1.82) is 0 Å². The summed E-state index contributed by atoms with van der Waals surface area (Å²) in [6, 6.07) is 0. The van der Waals surface area contributed by atoms with Crippen molar-refractivity contribution < 1.29 is 27.8 Å². The lowest BCUT2D eigenvalue weighted by atomic mass is 9.86. The van der Waals surface area contributed by atoms with E-state index in [2.05, 4.69) is 11.4 Å². The molecule has 0 radical (unpaired) electrons. The Bertz CT molecular complexity index is 644. The van der Waals surface area contributed by atoms with Crippen LogP contribution in [0.1, 0.15) is 59.3 Å². The number of hydrogen-bond donors (Lipinski definition) is 2. The largest absolute Gasteiger partial charge is 0.444 e. The van der Waals surface area contributed by atoms with Crippen LogP contribution < -0.4 is 5.32 Å². The molecule has 2 rings (SSSR count). The second-order valence-corrected chi connectivity index (χ2v) is 12.8. The molecular formula is C21H32ClF3INO3S. The second kappa shape index (κ2) is 11.5. The van der Waals surface area contributed by atoms with Crippen molar-refractivity contribution >= 4 is 52.0 Å². The molecule has 2 aliphatic carbocycles. The highest BCUT2D eigenvalue weighted by Gasteiger charge is 2.49. The number of hydrogen-bond acceptors (Lipinski definition) is 4. The quantitative estimate of drug-likeness (QED) is 0.211. The molecule has 0 saturated heterocycles. The Morgan fingerprint density at radius 2 is 2.03 bits per heavy atom. The Balaban J connectivity index is 1.79. The summed E-state index contributed by atoms with van der Waals surface area (Å²) in [5.41, 5.74) is -0.531. The van der Waals surface area contributed by atoms with E-state index < -0.39 is 39.1 Å². The molecule has 4 nitrogen and oxygen atoms in total. The number of alkyl carbamates (subject to hydrolysis) is 1. The van der Waals surface area contributed by atoms with Crippen LogP contribution in [-0.4, -0.2) is 50.2 Å². The fourth-order valence-corrected chi connectivity index (χ4v) is 7.04. The standard InChI is InChI=1S/C21H32ClF3INO3S/c1-20(2,3)30-19(29)27-8-4-5-12-6-7-13(9-15(12)22)31-18-10-14(21(23,24)25)16(26)11-17(18)28/h7,12,14-18,28H,4-6,8-11H2,1-3H3,(H,27,29). The summed E-state index contributed by atoms with van der Waals surface area (Å²) in [7, 11) is 0. The molecule has 1 saturated carbocycles. The van der Waals surface area contributed by atoms with Crippen molar-refractivity contribution in [3.05, 3.63) is 11.0 Å². The molecule has 0 heterocycles. The number of carbonyl (C=O) groups is 1. The molecule has 0 spiro atoms. The first-order valence-corrected chi connectivity index (χ1v) is 13.2. The zero-order chi connectivity index (χ0) is 23.4. The molecule has 2 N–H and O–H groups in total. The third-order valence-electron chi connectivity index (χ3n) is 5.52. The Kier molecular flexibility index (Phi) is 10.2. The predicted octanol–water partition coefficient (Wildman–Crippen LogP) is 6.43. The number of halogens is 5. The molecule has 1 amide bonds. The van der Waals surface area contributed by atoms with Gasteiger partial charge >= 0.3 is 12.3 Å². The van der Waals surface area contributed by atoms with Crippen LogP contribution in [0.5, 0.6) is 0 Å². The summed E-state index contributed by atoms with van der Waals surface area (Å²) < 4.78 is 44.5. The number of aliphatic hydroxyl groups excluding tert-OH is 1. The van der Waals surface area contributed by atoms with Crippen LogP contribution in [0.4, 0.5) is 18.0 Å². The number of nitrogens with one attached hydrogen (secondary N) is 1. The van der Waals surface area contributed by atoms with Gasteiger partial charge in [-0.3, -0.25) is 0 Å². The van der Waals surface area contributed by atoms with E-state index in [0.717, 1.165) is 24.2 Å². The van der Waals surface area contributed by atoms with Gasteiger partial charge in [0.2, 0.25) is 0 Å². The van der Waals surface area contributed by atoms with E-state index in [4.69, 9.17) is 16.3 Å². The third-order valence-corrected chi connectivity index (χ3v) is 8.85. The minimum atomic E-state index is -4.24. The van der Waals surface area contributed by atoms with Gasteiger partial charge in [0.15, 0.2) is 0 Å². The van der Waals surface area contributed by atoms with Gasteiger partial charge in [0.25, 0.3) is 0 Å². The molecule has 2 aliphatic rings. The lowest BCUT2D eigenvalue weighted by Crippen LogP contribution is -2.44. The summed E-state index contributed by atoms with van der Waals surface area (Å²) in [5.74, 6) is -1.13. The molecule has 180 valence electrons. The summed E-state index contributed by atoms with van der Waals surface area (Å²) >= 11 is 9.75. The maximum Gasteiger partial charge on any atom is 0.407 e. The molecule has 10 heteroatoms. The second-order valence-electron chi connectivity index (χ2n) is 9.32. The molecule has 6 unspecified atom stereocenters. The average molecular weight is 598 g/mol. The SMILES string of the molecule is CC(C)(C)OC(=O)NCCCC1CC=C(SC2CC(C(F)(F)F)C(I)CC2O)CC1Cl. The summed E-state index contributed by atoms with van der Waals surface area (Å²) in [6.07, 6.45) is -0.286. The fourth-order valence-electron chi connectivity index (χ4n) is 3.90. The van der Waals surface area contributed by atoms with Gasteiger partial charge in [0, 0.05) is 21.1 Å². The lowest BCUT2D eigenvalue weighted by molar-refractivity contribution is -0.181. The van der Waals surface area contributed by atoms with Crippen LogP contribution in [-0.2, 0) is 4.74 Å². The van der Waals surface area contributed by atoms with E-state index in [1.54, 1.807) is 0 Å². The maximum absolute atomic E-state index is 13.3. The van der Waals surface area contributed by atoms with Gasteiger partial charge in [-0.05, 0) is 70.1 Å². The van der Waals surface area contributed by atoms with Gasteiger partial charge in [-0.2, -0.15) is 13.2 Å². The first kappa shape index (κ1) is 27.4. The molecule has 1 fully saturated rings. The molecule has 0 aliphatic heterocycles. The van der Waals surface area contributed by atoms with Crippen molar-refractivity contribution in [2.75, 3.05) is 6.54 Å². The Hall–Kier alpha value is 0.130. The van der Waals surface area contributed by atoms with Crippen LogP contribution in [0.15, 0.2) is 11.0 Å². The van der Waals surface area contributed by atoms with Crippen molar-refractivity contribution in [3.8, 4) is 0 Å². The van der Waals surface area contributed by atoms with Crippen molar-refractivity contribution in [2.24, 2.45) is 11.8 Å². The van der Waals surface area contributed by atoms with E-state index in [-0.39, 0.29) is 24.1 Å². The highest BCUT2D eigenvalue weighted by molar-refractivity contribution is 14.1. The fraction of sp³-hybridized carbons (Fsp3) is 0.857. The molecule has 6 atom stereocenters. The summed E-state index contributed by atoms with van der Waals surface area (Å²) in [5, 5.41) is 12.5. The Morgan fingerprint density at radius 1 is 1.35 bits per heavy atom. The predicted molar refractivity (Wildman–Crippen MR) is 128 cm³/mol. The minimum Gasteiger partial charge on any atom is -0.444 e. The molecule has 31 heavy (non-hydrogen) atoms. The van der Waals surface area contributed by atoms with Crippen molar-refractivity contribution in [2.45, 2.75) is 91.7 Å². The topological polar surface area (TPSA) is 58.6 Å². The van der Waals surface area contributed by atoms with Gasteiger partial charge in [-0.25, -0.2) is 4.79 Å². The summed E-state index contributed by atoms with van der Waals surface area (Å²) in [6.45, 7) is 5.93. The molecular weight excluding hydrogens is 566 g/mol. The number of rotatable bonds is 6. The van der Waals surface area contributed by atoms with Gasteiger partial charge in [-0.15, -0.1) is 23.4 Å². The molecule has 0 aromatic carbocycles. The smallest absolute Gasteiger partial charge is 0.407 e. The van der Waals surface area contributed by atoms with Crippen LogP contribution in [0.3, 0.4) is 0 Å². The number of allylic oxidation sites excluding steroid dienone is 2. The van der Waals surface area contributed by atoms with Gasteiger partial charge in [0.05, 0.1) is 12.0 Å². The number of ether oxygens (including phenoxy) is 1. The van der Waals surface area contributed by atoms with Crippen LogP contribution >= 0.6 is 46.0 Å². The number of alkyl halides is 5. The van der Waals surface area contributed by atoms with E-state index in [9.17, 15) is 23.1 Å². The summed E-state index contributed by atoms with van der Waals surface area (Å²) in [4.78, 5) is 12.6. The highest BCUT2D eigenvalue weighted by Crippen LogP contribution is 2.47. The maximum atomic E-state index is 13.3. The van der Waals surface area contributed by atoms with Crippen molar-refractivity contribution in [3.63, 3.8) is 0 Å². The average Bonchev–Trinajstić information content (AvgIpc) is 2.60. The number of thioether (sulfide) groups is 1. The first-order valence-electron chi connectivity index (χ1n) is 10.6. The van der Waals surface area contributed by atoms with Crippen molar-refractivity contribution in [1.82, 2.24) is 5.32 Å². The molecule has 0 aromatic heterocycles. The van der Waals surface area contributed by atoms with E-state index in [1.165, 1.54) is 11.8 Å². The van der Waals surface area contributed by atoms with Crippen LogP contribution in [0.2, 0.25) is 0 Å². The van der Waals surface area contributed by atoms with E-state index in [1.807, 2.05) is 43.4 Å².